The Kier molecular flexibility index (Phi) is 4.72. The van der Waals surface area contributed by atoms with Crippen molar-refractivity contribution in [3.8, 4) is 0 Å². The first-order valence-electron chi connectivity index (χ1n) is 9.14. The quantitative estimate of drug-likeness (QED) is 0.767. The number of hydrogen-bond donors (Lipinski definition) is 0. The van der Waals surface area contributed by atoms with Crippen molar-refractivity contribution < 1.29 is 14.3 Å². The maximum absolute atomic E-state index is 12.9. The van der Waals surface area contributed by atoms with Crippen LogP contribution in [-0.4, -0.2) is 42.4 Å². The number of Topliss-reactive ketones (excluding diaryl/α,β-unsaturated/α-hetero) is 1. The number of fused-ring (bicyclic) bond motifs is 2. The van der Waals surface area contributed by atoms with Gasteiger partial charge in [0.2, 0.25) is 5.91 Å². The first-order chi connectivity index (χ1) is 11.7. The number of rotatable bonds is 5. The van der Waals surface area contributed by atoms with Gasteiger partial charge in [-0.3, -0.25) is 9.59 Å². The minimum absolute atomic E-state index is 0.0977. The second-order valence-corrected chi connectivity index (χ2v) is 8.51. The van der Waals surface area contributed by atoms with E-state index in [0.29, 0.717) is 38.5 Å². The van der Waals surface area contributed by atoms with Gasteiger partial charge in [-0.25, -0.2) is 0 Å². The van der Waals surface area contributed by atoms with Crippen molar-refractivity contribution in [1.82, 2.24) is 4.90 Å². The van der Waals surface area contributed by atoms with Crippen molar-refractivity contribution >= 4 is 23.0 Å². The van der Waals surface area contributed by atoms with Crippen molar-refractivity contribution in [1.29, 1.82) is 0 Å². The number of morpholine rings is 1. The van der Waals surface area contributed by atoms with Crippen LogP contribution >= 0.6 is 11.3 Å². The largest absolute Gasteiger partial charge is 0.377 e. The summed E-state index contributed by atoms with van der Waals surface area (Å²) in [6.45, 7) is 1.70. The van der Waals surface area contributed by atoms with E-state index < -0.39 is 0 Å². The lowest BCUT2D eigenvalue weighted by atomic mass is 9.86. The summed E-state index contributed by atoms with van der Waals surface area (Å²) in [4.78, 5) is 28.0. The van der Waals surface area contributed by atoms with E-state index in [2.05, 4.69) is 0 Å². The molecule has 5 heteroatoms. The van der Waals surface area contributed by atoms with E-state index in [9.17, 15) is 9.59 Å². The zero-order valence-electron chi connectivity index (χ0n) is 14.0. The molecular formula is C19H25NO3S. The van der Waals surface area contributed by atoms with Gasteiger partial charge in [-0.05, 0) is 48.5 Å². The van der Waals surface area contributed by atoms with E-state index in [1.807, 2.05) is 22.4 Å². The standard InChI is InChI=1S/C19H25NO3S/c21-17(18-2-1-7-24-18)11-16-12-23-6-5-20(16)19(22)10-15-9-13-3-4-14(15)8-13/h1-2,7,13-16H,3-6,8-12H2/t13-,14-,15-,16-/m0/s1. The third-order valence-electron chi connectivity index (χ3n) is 6.09. The molecule has 0 radical (unpaired) electrons. The normalized spacial score (nSPS) is 32.2. The van der Waals surface area contributed by atoms with Gasteiger partial charge in [-0.2, -0.15) is 0 Å². The molecule has 1 aromatic heterocycles. The molecule has 0 spiro atoms. The van der Waals surface area contributed by atoms with Crippen molar-refractivity contribution in [2.75, 3.05) is 19.8 Å². The van der Waals surface area contributed by atoms with E-state index in [-0.39, 0.29) is 17.7 Å². The van der Waals surface area contributed by atoms with Gasteiger partial charge in [-0.1, -0.05) is 12.5 Å². The fourth-order valence-corrected chi connectivity index (χ4v) is 5.55. The van der Waals surface area contributed by atoms with Crippen LogP contribution in [0.3, 0.4) is 0 Å². The molecule has 0 unspecified atom stereocenters. The molecule has 2 saturated carbocycles. The molecule has 2 bridgehead atoms. The summed E-state index contributed by atoms with van der Waals surface area (Å²) in [6, 6.07) is 3.66. The van der Waals surface area contributed by atoms with E-state index in [4.69, 9.17) is 4.74 Å². The number of amides is 1. The average molecular weight is 347 g/mol. The Balaban J connectivity index is 1.38. The maximum atomic E-state index is 12.9. The summed E-state index contributed by atoms with van der Waals surface area (Å²) in [7, 11) is 0. The minimum atomic E-state index is -0.0977. The van der Waals surface area contributed by atoms with E-state index in [1.165, 1.54) is 37.0 Å². The maximum Gasteiger partial charge on any atom is 0.223 e. The molecule has 2 aliphatic carbocycles. The van der Waals surface area contributed by atoms with Crippen LogP contribution in [0.15, 0.2) is 17.5 Å². The second-order valence-electron chi connectivity index (χ2n) is 7.56. The third kappa shape index (κ3) is 3.29. The van der Waals surface area contributed by atoms with Gasteiger partial charge in [0.15, 0.2) is 5.78 Å². The van der Waals surface area contributed by atoms with Crippen LogP contribution in [0.4, 0.5) is 0 Å². The number of thiophene rings is 1. The second kappa shape index (κ2) is 6.96. The van der Waals surface area contributed by atoms with Gasteiger partial charge in [0, 0.05) is 19.4 Å². The molecule has 1 saturated heterocycles. The third-order valence-corrected chi connectivity index (χ3v) is 7.00. The molecule has 3 aliphatic rings. The Bertz CT molecular complexity index is 600. The van der Waals surface area contributed by atoms with Gasteiger partial charge in [-0.15, -0.1) is 11.3 Å². The van der Waals surface area contributed by atoms with Crippen molar-refractivity contribution in [3.63, 3.8) is 0 Å². The minimum Gasteiger partial charge on any atom is -0.377 e. The monoisotopic (exact) mass is 347 g/mol. The van der Waals surface area contributed by atoms with Crippen LogP contribution in [0.2, 0.25) is 0 Å². The molecule has 1 aliphatic heterocycles. The molecule has 24 heavy (non-hydrogen) atoms. The Hall–Kier alpha value is -1.20. The first-order valence-corrected chi connectivity index (χ1v) is 10.0. The Morgan fingerprint density at radius 3 is 2.88 bits per heavy atom. The number of ether oxygens (including phenoxy) is 1. The highest BCUT2D eigenvalue weighted by molar-refractivity contribution is 7.12. The van der Waals surface area contributed by atoms with Crippen LogP contribution in [-0.2, 0) is 9.53 Å². The topological polar surface area (TPSA) is 46.6 Å². The predicted molar refractivity (Wildman–Crippen MR) is 93.1 cm³/mol. The van der Waals surface area contributed by atoms with E-state index in [1.54, 1.807) is 0 Å². The fourth-order valence-electron chi connectivity index (χ4n) is 4.87. The predicted octanol–water partition coefficient (Wildman–Crippen LogP) is 3.37. The zero-order valence-corrected chi connectivity index (χ0v) is 14.8. The van der Waals surface area contributed by atoms with Crippen LogP contribution in [0, 0.1) is 17.8 Å². The molecule has 2 heterocycles. The number of carbonyl (C=O) groups excluding carboxylic acids is 2. The molecule has 4 atom stereocenters. The van der Waals surface area contributed by atoms with Gasteiger partial charge in [0.1, 0.15) is 0 Å². The van der Waals surface area contributed by atoms with E-state index in [0.717, 1.165) is 16.7 Å². The van der Waals surface area contributed by atoms with E-state index >= 15 is 0 Å². The molecule has 0 aromatic carbocycles. The lowest BCUT2D eigenvalue weighted by Crippen LogP contribution is -2.50. The van der Waals surface area contributed by atoms with Crippen LogP contribution in [0.1, 0.15) is 48.2 Å². The molecule has 1 aromatic rings. The molecule has 130 valence electrons. The molecule has 3 fully saturated rings. The summed E-state index contributed by atoms with van der Waals surface area (Å²) >= 11 is 1.47. The van der Waals surface area contributed by atoms with Crippen molar-refractivity contribution in [2.45, 2.75) is 44.6 Å². The number of ketones is 1. The highest BCUT2D eigenvalue weighted by Crippen LogP contribution is 2.49. The highest BCUT2D eigenvalue weighted by Gasteiger charge is 2.41. The SMILES string of the molecule is O=C(C[C@H]1COCCN1C(=O)C[C@@H]1C[C@H]2CC[C@H]1C2)c1cccs1. The summed E-state index contributed by atoms with van der Waals surface area (Å²) < 4.78 is 5.56. The Morgan fingerprint density at radius 2 is 2.17 bits per heavy atom. The average Bonchev–Trinajstić information content (AvgIpc) is 3.33. The Labute approximate surface area is 147 Å². The zero-order chi connectivity index (χ0) is 16.5. The van der Waals surface area contributed by atoms with Gasteiger partial charge in [0.25, 0.3) is 0 Å². The molecular weight excluding hydrogens is 322 g/mol. The van der Waals surface area contributed by atoms with Crippen molar-refractivity contribution in [2.24, 2.45) is 17.8 Å². The summed E-state index contributed by atoms with van der Waals surface area (Å²) in [5, 5.41) is 1.92. The fraction of sp³-hybridized carbons (Fsp3) is 0.684. The summed E-state index contributed by atoms with van der Waals surface area (Å²) in [5.41, 5.74) is 0. The lowest BCUT2D eigenvalue weighted by Gasteiger charge is -2.36. The van der Waals surface area contributed by atoms with Crippen LogP contribution in [0.25, 0.3) is 0 Å². The summed E-state index contributed by atoms with van der Waals surface area (Å²) in [5.74, 6) is 2.57. The number of nitrogens with zero attached hydrogens (tertiary/aromatic N) is 1. The number of carbonyl (C=O) groups is 2. The smallest absolute Gasteiger partial charge is 0.223 e. The Morgan fingerprint density at radius 1 is 1.25 bits per heavy atom. The van der Waals surface area contributed by atoms with Gasteiger partial charge in [0.05, 0.1) is 24.1 Å². The first kappa shape index (κ1) is 16.3. The highest BCUT2D eigenvalue weighted by atomic mass is 32.1. The summed E-state index contributed by atoms with van der Waals surface area (Å²) in [6.07, 6.45) is 6.30. The number of hydrogen-bond acceptors (Lipinski definition) is 4. The molecule has 4 nitrogen and oxygen atoms in total. The van der Waals surface area contributed by atoms with Gasteiger partial charge >= 0.3 is 0 Å². The molecule has 4 rings (SSSR count). The lowest BCUT2D eigenvalue weighted by molar-refractivity contribution is -0.141. The molecule has 1 amide bonds. The van der Waals surface area contributed by atoms with Crippen LogP contribution < -0.4 is 0 Å². The van der Waals surface area contributed by atoms with Crippen LogP contribution in [0.5, 0.6) is 0 Å². The molecule has 0 N–H and O–H groups in total. The van der Waals surface area contributed by atoms with Crippen molar-refractivity contribution in [3.05, 3.63) is 22.4 Å². The van der Waals surface area contributed by atoms with Gasteiger partial charge < -0.3 is 9.64 Å².